The van der Waals surface area contributed by atoms with E-state index in [1.165, 1.54) is 0 Å². The van der Waals surface area contributed by atoms with Crippen molar-refractivity contribution >= 4 is 137 Å². The zero-order chi connectivity index (χ0) is 2.00. The smallest absolute Gasteiger partial charge is 2.00 e. The summed E-state index contributed by atoms with van der Waals surface area (Å²) in [5.41, 5.74) is 0. The molecule has 0 bridgehead atoms. The van der Waals surface area contributed by atoms with Crippen LogP contribution < -0.4 is 0 Å². The van der Waals surface area contributed by atoms with E-state index in [0.29, 0.717) is 0 Å². The van der Waals surface area contributed by atoms with Gasteiger partial charge in [0.05, 0.1) is 0 Å². The summed E-state index contributed by atoms with van der Waals surface area (Å²) < 4.78 is 7.81. The molecule has 0 unspecified atom stereocenters. The summed E-state index contributed by atoms with van der Waals surface area (Å²) in [6.07, 6.45) is 0. The van der Waals surface area contributed by atoms with Crippen LogP contribution in [0.15, 0.2) is 0 Å². The fourth-order valence-corrected chi connectivity index (χ4v) is 0. The van der Waals surface area contributed by atoms with Crippen LogP contribution in [0.3, 0.4) is 0 Å². The first-order chi connectivity index (χ1) is 1.00. The van der Waals surface area contributed by atoms with Crippen LogP contribution in [0.25, 0.3) is 0 Å². The van der Waals surface area contributed by atoms with Gasteiger partial charge in [-0.2, -0.15) is 0 Å². The first kappa shape index (κ1) is 30.7. The van der Waals surface area contributed by atoms with Crippen molar-refractivity contribution in [2.45, 2.75) is 0 Å². The standard InChI is InChI=1S/Bi.Ca.Cu.O.Pb.Sr.9H/q;+2;;;;+2;;;;;;4*-1. The molecule has 0 atom stereocenters. The van der Waals surface area contributed by atoms with E-state index in [1.54, 1.807) is 0 Å². The summed E-state index contributed by atoms with van der Waals surface area (Å²) >= 11 is 2.94. The van der Waals surface area contributed by atoms with Crippen molar-refractivity contribution < 1.29 is 25.5 Å². The predicted octanol–water partition coefficient (Wildman–Crippen LogP) is -2.53. The Morgan fingerprint density at radius 2 is 1.33 bits per heavy atom. The molecule has 0 aromatic rings. The second-order valence-corrected chi connectivity index (χ2v) is 0. The van der Waals surface area contributed by atoms with E-state index in [0.717, 1.165) is 0 Å². The summed E-state index contributed by atoms with van der Waals surface area (Å²) in [4.78, 5) is 0. The zero-order valence-corrected chi connectivity index (χ0v) is 21.2. The maximum atomic E-state index is 7.81. The van der Waals surface area contributed by atoms with Gasteiger partial charge in [-0.25, -0.2) is 0 Å². The molecule has 0 fully saturated rings. The summed E-state index contributed by atoms with van der Waals surface area (Å²) in [6.45, 7) is 0. The molecular formula is H9BiCaCuOPbSr. The average molecular weight is 632 g/mol. The molecule has 1 nitrogen and oxygen atoms in total. The van der Waals surface area contributed by atoms with Crippen LogP contribution in [0.2, 0.25) is 0 Å². The Balaban J connectivity index is -0.000000000179. The normalized spacial score (nSPS) is 1.00. The quantitative estimate of drug-likeness (QED) is 0.270. The molecule has 39 valence electrons. The topological polar surface area (TPSA) is 17.1 Å². The first-order valence-electron chi connectivity index (χ1n) is 0.123. The van der Waals surface area contributed by atoms with E-state index in [9.17, 15) is 0 Å². The van der Waals surface area contributed by atoms with Crippen molar-refractivity contribution in [1.82, 2.24) is 0 Å². The molecule has 0 aliphatic carbocycles. The van der Waals surface area contributed by atoms with E-state index in [4.69, 9.17) is 3.83 Å². The largest absolute Gasteiger partial charge is 2.00 e. The van der Waals surface area contributed by atoms with Gasteiger partial charge in [-0.15, -0.1) is 0 Å². The Hall–Kier alpha value is 4.86. The second kappa shape index (κ2) is 32.8. The minimum Gasteiger partial charge on any atom is 2.00 e. The molecule has 0 heterocycles. The maximum Gasteiger partial charge on any atom is 2.00 e. The van der Waals surface area contributed by atoms with Crippen LogP contribution >= 0.6 is 0 Å². The van der Waals surface area contributed by atoms with E-state index >= 15 is 0 Å². The minimum absolute atomic E-state index is 0. The predicted molar refractivity (Wildman–Crippen MR) is 35.1 cm³/mol. The van der Waals surface area contributed by atoms with E-state index in [-0.39, 0.29) is 142 Å². The van der Waals surface area contributed by atoms with Gasteiger partial charge in [0.2, 0.25) is 0 Å². The molecule has 0 aliphatic heterocycles. The fraction of sp³-hybridized carbons (Fsp3) is 0. The van der Waals surface area contributed by atoms with Gasteiger partial charge in [-0.1, -0.05) is 0 Å². The molecule has 0 aromatic heterocycles. The van der Waals surface area contributed by atoms with Gasteiger partial charge in [-0.3, -0.25) is 0 Å². The molecule has 0 N–H and O–H groups in total. The van der Waals surface area contributed by atoms with Crippen LogP contribution in [0, 0.1) is 0 Å². The third-order valence-electron chi connectivity index (χ3n) is 0. The molecule has 0 amide bonds. The van der Waals surface area contributed by atoms with E-state index < -0.39 is 0 Å². The molecule has 0 saturated carbocycles. The molecule has 0 aliphatic rings. The van der Waals surface area contributed by atoms with Crippen LogP contribution in [-0.4, -0.2) is 137 Å². The van der Waals surface area contributed by atoms with Gasteiger partial charge >= 0.3 is 157 Å². The Bertz CT molecular complexity index is 25.2. The third-order valence-corrected chi connectivity index (χ3v) is 0. The number of hydrogen-bond donors (Lipinski definition) is 0. The van der Waals surface area contributed by atoms with Crippen molar-refractivity contribution in [2.24, 2.45) is 0 Å². The second-order valence-electron chi connectivity index (χ2n) is 0. The molecule has 0 spiro atoms. The van der Waals surface area contributed by atoms with Gasteiger partial charge in [0.1, 0.15) is 0 Å². The van der Waals surface area contributed by atoms with Crippen molar-refractivity contribution in [3.63, 3.8) is 0 Å². The molecular weight excluding hydrogens is 623 g/mol. The average Bonchev–Trinajstić information content (AvgIpc) is 1.00. The summed E-state index contributed by atoms with van der Waals surface area (Å²) in [6, 6.07) is 0. The summed E-state index contributed by atoms with van der Waals surface area (Å²) in [5, 5.41) is 0. The summed E-state index contributed by atoms with van der Waals surface area (Å²) in [5.74, 6) is 0. The van der Waals surface area contributed by atoms with Gasteiger partial charge in [0.25, 0.3) is 0 Å². The fourth-order valence-electron chi connectivity index (χ4n) is 0. The van der Waals surface area contributed by atoms with E-state index in [2.05, 4.69) is 15.9 Å². The first-order valence-corrected chi connectivity index (χ1v) is 0.508. The molecule has 0 aromatic carbocycles. The van der Waals surface area contributed by atoms with Crippen molar-refractivity contribution in [3.05, 3.63) is 0 Å². The third kappa shape index (κ3) is 23.2. The van der Waals surface area contributed by atoms with Gasteiger partial charge < -0.3 is 5.71 Å². The molecule has 2 radical (unpaired) electrons. The van der Waals surface area contributed by atoms with Gasteiger partial charge in [0, 0.05) is 0 Å². The molecule has 6 heteroatoms. The zero-order valence-electron chi connectivity index (χ0n) is 7.54. The number of hydrogen-bond acceptors (Lipinski definition) is 1. The maximum absolute atomic E-state index is 7.81. The van der Waals surface area contributed by atoms with Gasteiger partial charge in [-0.05, 0) is 0 Å². The van der Waals surface area contributed by atoms with Crippen molar-refractivity contribution in [2.75, 3.05) is 0 Å². The van der Waals surface area contributed by atoms with Crippen LogP contribution in [0.1, 0.15) is 5.71 Å². The SMILES string of the molecule is [BiH3].[Ca+2].[H-].[H-].[H-].[H-].[O]=[Cu].[PbH2].[Sr+2]. The van der Waals surface area contributed by atoms with Crippen LogP contribution in [0.5, 0.6) is 0 Å². The number of rotatable bonds is 0. The minimum atomic E-state index is 0. The Labute approximate surface area is 158 Å². The van der Waals surface area contributed by atoms with Crippen molar-refractivity contribution in [3.8, 4) is 0 Å². The van der Waals surface area contributed by atoms with Gasteiger partial charge in [0.15, 0.2) is 0 Å². The van der Waals surface area contributed by atoms with Crippen LogP contribution in [-0.2, 0) is 19.8 Å². The molecule has 0 saturated heterocycles. The molecule has 0 rings (SSSR count). The monoisotopic (exact) mass is 633 g/mol. The molecule has 6 heavy (non-hydrogen) atoms. The van der Waals surface area contributed by atoms with E-state index in [1.807, 2.05) is 0 Å². The Kier molecular flexibility index (Phi) is 168. The van der Waals surface area contributed by atoms with Crippen LogP contribution in [0.4, 0.5) is 0 Å². The van der Waals surface area contributed by atoms with Crippen molar-refractivity contribution in [1.29, 1.82) is 0 Å². The Morgan fingerprint density at radius 3 is 1.33 bits per heavy atom. The Morgan fingerprint density at radius 1 is 1.33 bits per heavy atom. The summed E-state index contributed by atoms with van der Waals surface area (Å²) in [7, 11) is 0.